The number of anilines is 1. The molecule has 0 aliphatic carbocycles. The number of guanidine groups is 1. The van der Waals surface area contributed by atoms with E-state index < -0.39 is 0 Å². The van der Waals surface area contributed by atoms with Crippen LogP contribution in [0.1, 0.15) is 26.3 Å². The van der Waals surface area contributed by atoms with Crippen molar-refractivity contribution < 1.29 is 0 Å². The fraction of sp³-hybridized carbons (Fsp3) is 0.625. The molecule has 0 aromatic carbocycles. The summed E-state index contributed by atoms with van der Waals surface area (Å²) >= 11 is 1.85. The van der Waals surface area contributed by atoms with Crippen LogP contribution < -0.4 is 15.5 Å². The standard InChI is InChI=1S/C16H29N5S.HI/c1-7-17-15(20-12-16(2,3)22-6)19-11-13-8-9-18-14(10-13)21(4)5;/h8-10H,7,11-12H2,1-6H3,(H2,17,19,20);1H. The van der Waals surface area contributed by atoms with Crippen molar-refractivity contribution in [3.05, 3.63) is 23.9 Å². The van der Waals surface area contributed by atoms with Gasteiger partial charge in [-0.2, -0.15) is 11.8 Å². The van der Waals surface area contributed by atoms with Crippen LogP contribution in [0.15, 0.2) is 23.3 Å². The van der Waals surface area contributed by atoms with Gasteiger partial charge in [0.2, 0.25) is 0 Å². The topological polar surface area (TPSA) is 52.6 Å². The number of pyridine rings is 1. The van der Waals surface area contributed by atoms with Gasteiger partial charge in [-0.15, -0.1) is 24.0 Å². The van der Waals surface area contributed by atoms with E-state index in [0.717, 1.165) is 30.4 Å². The van der Waals surface area contributed by atoms with Crippen molar-refractivity contribution in [2.24, 2.45) is 4.99 Å². The second-order valence-electron chi connectivity index (χ2n) is 5.93. The van der Waals surface area contributed by atoms with E-state index in [-0.39, 0.29) is 28.7 Å². The third-order valence-electron chi connectivity index (χ3n) is 3.27. The smallest absolute Gasteiger partial charge is 0.191 e. The minimum absolute atomic E-state index is 0. The SMILES string of the molecule is CCNC(=NCc1ccnc(N(C)C)c1)NCC(C)(C)SC.I. The van der Waals surface area contributed by atoms with Gasteiger partial charge in [0.1, 0.15) is 5.82 Å². The predicted octanol–water partition coefficient (Wildman–Crippen LogP) is 2.96. The molecule has 0 spiro atoms. The first kappa shape index (κ1) is 22.3. The number of nitrogens with zero attached hydrogens (tertiary/aromatic N) is 3. The van der Waals surface area contributed by atoms with E-state index in [4.69, 9.17) is 0 Å². The van der Waals surface area contributed by atoms with Gasteiger partial charge in [0.15, 0.2) is 5.96 Å². The Labute approximate surface area is 162 Å². The van der Waals surface area contributed by atoms with Crippen LogP contribution >= 0.6 is 35.7 Å². The van der Waals surface area contributed by atoms with Crippen molar-refractivity contribution in [2.75, 3.05) is 38.3 Å². The van der Waals surface area contributed by atoms with E-state index >= 15 is 0 Å². The van der Waals surface area contributed by atoms with Crippen LogP contribution in [0.3, 0.4) is 0 Å². The maximum absolute atomic E-state index is 4.66. The highest BCUT2D eigenvalue weighted by atomic mass is 127. The van der Waals surface area contributed by atoms with Gasteiger partial charge in [-0.25, -0.2) is 9.98 Å². The van der Waals surface area contributed by atoms with Crippen LogP contribution in [-0.2, 0) is 6.54 Å². The molecule has 0 unspecified atom stereocenters. The molecular weight excluding hydrogens is 421 g/mol. The zero-order valence-electron chi connectivity index (χ0n) is 15.0. The number of aliphatic imine (C=N–C) groups is 1. The number of aromatic nitrogens is 1. The van der Waals surface area contributed by atoms with E-state index in [9.17, 15) is 0 Å². The Kier molecular flexibility index (Phi) is 10.6. The lowest BCUT2D eigenvalue weighted by Crippen LogP contribution is -2.43. The summed E-state index contributed by atoms with van der Waals surface area (Å²) in [6.07, 6.45) is 3.96. The maximum Gasteiger partial charge on any atom is 0.191 e. The lowest BCUT2D eigenvalue weighted by molar-refractivity contribution is 0.665. The highest BCUT2D eigenvalue weighted by molar-refractivity contribution is 14.0. The molecular formula is C16H30IN5S. The number of hydrogen-bond acceptors (Lipinski definition) is 4. The lowest BCUT2D eigenvalue weighted by atomic mass is 10.2. The Bertz CT molecular complexity index is 491. The van der Waals surface area contributed by atoms with Gasteiger partial charge in [-0.1, -0.05) is 0 Å². The molecule has 23 heavy (non-hydrogen) atoms. The van der Waals surface area contributed by atoms with Gasteiger partial charge in [0.25, 0.3) is 0 Å². The van der Waals surface area contributed by atoms with Crippen LogP contribution in [0.25, 0.3) is 0 Å². The Morgan fingerprint density at radius 2 is 2.04 bits per heavy atom. The fourth-order valence-electron chi connectivity index (χ4n) is 1.68. The molecule has 1 rings (SSSR count). The molecule has 132 valence electrons. The second-order valence-corrected chi connectivity index (χ2v) is 7.44. The average Bonchev–Trinajstić information content (AvgIpc) is 2.50. The van der Waals surface area contributed by atoms with E-state index in [0.29, 0.717) is 6.54 Å². The molecule has 0 bridgehead atoms. The molecule has 2 N–H and O–H groups in total. The molecule has 0 amide bonds. The molecule has 0 saturated carbocycles. The summed E-state index contributed by atoms with van der Waals surface area (Å²) in [6.45, 7) is 8.89. The van der Waals surface area contributed by atoms with Crippen LogP contribution in [0, 0.1) is 0 Å². The molecule has 0 fully saturated rings. The molecule has 1 heterocycles. The van der Waals surface area contributed by atoms with Crippen molar-refractivity contribution >= 4 is 47.5 Å². The molecule has 0 radical (unpaired) electrons. The molecule has 0 aliphatic heterocycles. The summed E-state index contributed by atoms with van der Waals surface area (Å²) in [7, 11) is 3.98. The Morgan fingerprint density at radius 1 is 1.35 bits per heavy atom. The van der Waals surface area contributed by atoms with Crippen LogP contribution in [0.5, 0.6) is 0 Å². The van der Waals surface area contributed by atoms with Crippen molar-refractivity contribution in [3.8, 4) is 0 Å². The second kappa shape index (κ2) is 11.0. The van der Waals surface area contributed by atoms with Crippen LogP contribution in [0.2, 0.25) is 0 Å². The number of rotatable bonds is 7. The minimum Gasteiger partial charge on any atom is -0.363 e. The molecule has 1 aromatic heterocycles. The van der Waals surface area contributed by atoms with E-state index in [1.165, 1.54) is 0 Å². The Balaban J connectivity index is 0.00000484. The van der Waals surface area contributed by atoms with Crippen LogP contribution in [-0.4, -0.2) is 49.1 Å². The largest absolute Gasteiger partial charge is 0.363 e. The lowest BCUT2D eigenvalue weighted by Gasteiger charge is -2.23. The van der Waals surface area contributed by atoms with Crippen LogP contribution in [0.4, 0.5) is 5.82 Å². The van der Waals surface area contributed by atoms with Gasteiger partial charge >= 0.3 is 0 Å². The van der Waals surface area contributed by atoms with Crippen molar-refractivity contribution in [3.63, 3.8) is 0 Å². The molecule has 5 nitrogen and oxygen atoms in total. The monoisotopic (exact) mass is 451 g/mol. The first-order valence-electron chi connectivity index (χ1n) is 7.57. The van der Waals surface area contributed by atoms with Gasteiger partial charge in [-0.3, -0.25) is 0 Å². The zero-order chi connectivity index (χ0) is 16.6. The zero-order valence-corrected chi connectivity index (χ0v) is 18.2. The quantitative estimate of drug-likeness (QED) is 0.379. The fourth-order valence-corrected chi connectivity index (χ4v) is 1.90. The molecule has 0 aliphatic rings. The first-order valence-corrected chi connectivity index (χ1v) is 8.80. The third-order valence-corrected chi connectivity index (χ3v) is 4.52. The van der Waals surface area contributed by atoms with E-state index in [2.05, 4.69) is 53.7 Å². The summed E-state index contributed by atoms with van der Waals surface area (Å²) in [6, 6.07) is 4.07. The van der Waals surface area contributed by atoms with Gasteiger partial charge in [0, 0.05) is 38.1 Å². The summed E-state index contributed by atoms with van der Waals surface area (Å²) < 4.78 is 0.185. The molecule has 0 atom stereocenters. The van der Waals surface area contributed by atoms with Gasteiger partial charge < -0.3 is 15.5 Å². The van der Waals surface area contributed by atoms with E-state index in [1.54, 1.807) is 0 Å². The number of halogens is 1. The van der Waals surface area contributed by atoms with E-state index in [1.807, 2.05) is 43.0 Å². The summed E-state index contributed by atoms with van der Waals surface area (Å²) in [5.41, 5.74) is 1.15. The summed E-state index contributed by atoms with van der Waals surface area (Å²) in [5, 5.41) is 6.70. The first-order chi connectivity index (χ1) is 10.4. The van der Waals surface area contributed by atoms with Crippen molar-refractivity contribution in [1.82, 2.24) is 15.6 Å². The van der Waals surface area contributed by atoms with Gasteiger partial charge in [-0.05, 0) is 44.7 Å². The average molecular weight is 451 g/mol. The minimum atomic E-state index is 0. The summed E-state index contributed by atoms with van der Waals surface area (Å²) in [4.78, 5) is 11.0. The molecule has 1 aromatic rings. The third kappa shape index (κ3) is 8.64. The molecule has 0 saturated heterocycles. The Hall–Kier alpha value is -0.700. The number of thioether (sulfide) groups is 1. The highest BCUT2D eigenvalue weighted by Crippen LogP contribution is 2.19. The Morgan fingerprint density at radius 3 is 2.61 bits per heavy atom. The maximum atomic E-state index is 4.66. The van der Waals surface area contributed by atoms with Crippen molar-refractivity contribution in [1.29, 1.82) is 0 Å². The van der Waals surface area contributed by atoms with Crippen molar-refractivity contribution in [2.45, 2.75) is 32.1 Å². The highest BCUT2D eigenvalue weighted by Gasteiger charge is 2.16. The predicted molar refractivity (Wildman–Crippen MR) is 114 cm³/mol. The number of hydrogen-bond donors (Lipinski definition) is 2. The number of nitrogens with one attached hydrogen (secondary N) is 2. The van der Waals surface area contributed by atoms with Gasteiger partial charge in [0.05, 0.1) is 6.54 Å². The molecule has 7 heteroatoms. The normalized spacial score (nSPS) is 11.7. The summed E-state index contributed by atoms with van der Waals surface area (Å²) in [5.74, 6) is 1.81.